The summed E-state index contributed by atoms with van der Waals surface area (Å²) < 4.78 is 55.1. The van der Waals surface area contributed by atoms with Crippen molar-refractivity contribution in [3.05, 3.63) is 23.8 Å². The van der Waals surface area contributed by atoms with Crippen molar-refractivity contribution in [1.82, 2.24) is 0 Å². The average molecular weight is 584 g/mol. The van der Waals surface area contributed by atoms with E-state index < -0.39 is 52.8 Å². The molecule has 0 radical (unpaired) electrons. The molecular formula is C21H29NO14S2. The van der Waals surface area contributed by atoms with Crippen LogP contribution in [0, 0.1) is 0 Å². The topological polar surface area (TPSA) is 231 Å². The van der Waals surface area contributed by atoms with Gasteiger partial charge in [0.1, 0.15) is 34.9 Å². The maximum atomic E-state index is 12.1. The molecule has 1 heterocycles. The molecule has 0 spiro atoms. The molecule has 38 heavy (non-hydrogen) atoms. The summed E-state index contributed by atoms with van der Waals surface area (Å²) in [6.45, 7) is -0.839. The van der Waals surface area contributed by atoms with Crippen molar-refractivity contribution in [2.75, 3.05) is 27.4 Å². The summed E-state index contributed by atoms with van der Waals surface area (Å²) in [5, 5.41) is 52.4. The van der Waals surface area contributed by atoms with Crippen LogP contribution in [0.3, 0.4) is 0 Å². The van der Waals surface area contributed by atoms with Crippen molar-refractivity contribution in [1.29, 1.82) is 0 Å². The minimum absolute atomic E-state index is 0.0819. The Hall–Kier alpha value is -2.64. The summed E-state index contributed by atoms with van der Waals surface area (Å²) in [6, 6.07) is 2.94. The standard InChI is InChI=1S/C21H29NO14S2/c1-32-12-8-11(9-13(33-2)17(12)25)5-6-16(24)34-7-3-4-15(22-36-38(29,30)31)37-21-20(28)19(27)18(26)14(10-23)35-21/h5-6,8-9,14,18-21,23,25-28H,3-4,7,10H2,1-2H3,(H,29,30,31)/b6-5+,22-15+/t14-,18-,19+,20-,21+/m1/s1. The van der Waals surface area contributed by atoms with Gasteiger partial charge in [-0.05, 0) is 30.2 Å². The van der Waals surface area contributed by atoms with Gasteiger partial charge in [-0.1, -0.05) is 16.9 Å². The lowest BCUT2D eigenvalue weighted by Crippen LogP contribution is -2.57. The first-order valence-electron chi connectivity index (χ1n) is 10.9. The zero-order valence-corrected chi connectivity index (χ0v) is 21.9. The highest BCUT2D eigenvalue weighted by Gasteiger charge is 2.44. The summed E-state index contributed by atoms with van der Waals surface area (Å²) in [5.74, 6) is -0.668. The van der Waals surface area contributed by atoms with Crippen LogP contribution in [0.4, 0.5) is 0 Å². The quantitative estimate of drug-likeness (QED) is 0.0343. The molecule has 0 bridgehead atoms. The number of phenolic OH excluding ortho intramolecular Hbond substituents is 1. The Labute approximate surface area is 222 Å². The van der Waals surface area contributed by atoms with Crippen molar-refractivity contribution < 1.29 is 66.5 Å². The SMILES string of the molecule is COc1cc(/C=C/C(=O)OCCC/C(=N\OS(=O)(=O)O)S[C@@H]2O[C@H](CO)[C@@H](O)[C@H](O)[C@H]2O)cc(OC)c1O. The van der Waals surface area contributed by atoms with Gasteiger partial charge in [0.25, 0.3) is 0 Å². The van der Waals surface area contributed by atoms with E-state index in [1.807, 2.05) is 0 Å². The van der Waals surface area contributed by atoms with Crippen LogP contribution in [-0.2, 0) is 29.0 Å². The van der Waals surface area contributed by atoms with Crippen LogP contribution in [0.5, 0.6) is 17.2 Å². The van der Waals surface area contributed by atoms with Gasteiger partial charge in [0, 0.05) is 12.5 Å². The van der Waals surface area contributed by atoms with E-state index in [0.29, 0.717) is 17.3 Å². The Morgan fingerprint density at radius 1 is 1.13 bits per heavy atom. The number of rotatable bonds is 12. The van der Waals surface area contributed by atoms with Crippen LogP contribution < -0.4 is 9.47 Å². The molecule has 0 amide bonds. The lowest BCUT2D eigenvalue weighted by atomic mass is 10.0. The Bertz CT molecular complexity index is 1080. The molecule has 1 aromatic carbocycles. The fourth-order valence-corrected chi connectivity index (χ4v) is 4.47. The number of aromatic hydroxyl groups is 1. The van der Waals surface area contributed by atoms with E-state index in [1.165, 1.54) is 32.4 Å². The van der Waals surface area contributed by atoms with Gasteiger partial charge in [0.05, 0.1) is 27.4 Å². The van der Waals surface area contributed by atoms with Crippen molar-refractivity contribution in [2.24, 2.45) is 5.16 Å². The van der Waals surface area contributed by atoms with Crippen molar-refractivity contribution in [3.63, 3.8) is 0 Å². The van der Waals surface area contributed by atoms with E-state index in [-0.39, 0.29) is 41.7 Å². The van der Waals surface area contributed by atoms with E-state index >= 15 is 0 Å². The van der Waals surface area contributed by atoms with Crippen LogP contribution in [0.15, 0.2) is 23.4 Å². The van der Waals surface area contributed by atoms with E-state index in [2.05, 4.69) is 9.44 Å². The number of thioether (sulfide) groups is 1. The highest BCUT2D eigenvalue weighted by Crippen LogP contribution is 2.37. The summed E-state index contributed by atoms with van der Waals surface area (Å²) in [4.78, 5) is 12.1. The first kappa shape index (κ1) is 31.6. The lowest BCUT2D eigenvalue weighted by molar-refractivity contribution is -0.205. The summed E-state index contributed by atoms with van der Waals surface area (Å²) in [5.41, 5.74) is -0.819. The molecule has 0 aliphatic carbocycles. The molecule has 214 valence electrons. The molecule has 0 unspecified atom stereocenters. The van der Waals surface area contributed by atoms with Gasteiger partial charge >= 0.3 is 16.4 Å². The first-order valence-corrected chi connectivity index (χ1v) is 13.1. The molecule has 2 rings (SSSR count). The lowest BCUT2D eigenvalue weighted by Gasteiger charge is -2.39. The fourth-order valence-electron chi connectivity index (χ4n) is 3.13. The van der Waals surface area contributed by atoms with Crippen molar-refractivity contribution >= 4 is 39.2 Å². The number of phenols is 1. The number of hydrogen-bond acceptors (Lipinski definition) is 15. The van der Waals surface area contributed by atoms with Crippen LogP contribution >= 0.6 is 11.8 Å². The predicted molar refractivity (Wildman–Crippen MR) is 132 cm³/mol. The Kier molecular flexibility index (Phi) is 12.0. The van der Waals surface area contributed by atoms with E-state index in [1.54, 1.807) is 0 Å². The zero-order valence-electron chi connectivity index (χ0n) is 20.2. The van der Waals surface area contributed by atoms with Gasteiger partial charge in [0.2, 0.25) is 5.75 Å². The first-order chi connectivity index (χ1) is 17.9. The minimum atomic E-state index is -4.96. The molecule has 1 aliphatic rings. The molecular weight excluding hydrogens is 554 g/mol. The number of nitrogens with zero attached hydrogens (tertiary/aromatic N) is 1. The van der Waals surface area contributed by atoms with Crippen LogP contribution in [0.1, 0.15) is 18.4 Å². The largest absolute Gasteiger partial charge is 0.502 e. The smallest absolute Gasteiger partial charge is 0.466 e. The number of ether oxygens (including phenoxy) is 4. The second-order valence-electron chi connectivity index (χ2n) is 7.68. The van der Waals surface area contributed by atoms with Crippen LogP contribution in [0.2, 0.25) is 0 Å². The zero-order chi connectivity index (χ0) is 28.5. The third-order valence-electron chi connectivity index (χ3n) is 5.03. The highest BCUT2D eigenvalue weighted by molar-refractivity contribution is 8.14. The van der Waals surface area contributed by atoms with Gasteiger partial charge in [-0.15, -0.1) is 0 Å². The van der Waals surface area contributed by atoms with Gasteiger partial charge in [-0.3, -0.25) is 4.55 Å². The maximum absolute atomic E-state index is 12.1. The minimum Gasteiger partial charge on any atom is -0.502 e. The molecule has 15 nitrogen and oxygen atoms in total. The second-order valence-corrected chi connectivity index (χ2v) is 9.86. The Balaban J connectivity index is 1.98. The van der Waals surface area contributed by atoms with Gasteiger partial charge < -0.3 is 44.5 Å². The van der Waals surface area contributed by atoms with Gasteiger partial charge in [-0.2, -0.15) is 8.42 Å². The second kappa shape index (κ2) is 14.5. The van der Waals surface area contributed by atoms with E-state index in [0.717, 1.165) is 6.08 Å². The maximum Gasteiger partial charge on any atom is 0.466 e. The van der Waals surface area contributed by atoms with E-state index in [4.69, 9.17) is 23.5 Å². The molecule has 1 saturated heterocycles. The molecule has 0 saturated carbocycles. The summed E-state index contributed by atoms with van der Waals surface area (Å²) in [6.07, 6.45) is -3.62. The number of oxime groups is 1. The molecule has 0 aromatic heterocycles. The summed E-state index contributed by atoms with van der Waals surface area (Å²) >= 11 is 0.610. The number of carbonyl (C=O) groups is 1. The number of aliphatic hydroxyl groups excluding tert-OH is 4. The normalized spacial score (nSPS) is 24.3. The van der Waals surface area contributed by atoms with Crippen LogP contribution in [-0.4, -0.2) is 107 Å². The molecule has 1 aromatic rings. The third kappa shape index (κ3) is 9.28. The van der Waals surface area contributed by atoms with Crippen molar-refractivity contribution in [2.45, 2.75) is 42.7 Å². The number of benzene rings is 1. The van der Waals surface area contributed by atoms with Crippen molar-refractivity contribution in [3.8, 4) is 17.2 Å². The summed E-state index contributed by atoms with van der Waals surface area (Å²) in [7, 11) is -2.26. The van der Waals surface area contributed by atoms with E-state index in [9.17, 15) is 38.7 Å². The Morgan fingerprint density at radius 2 is 1.76 bits per heavy atom. The number of hydrogen-bond donors (Lipinski definition) is 6. The number of aliphatic hydroxyl groups is 4. The third-order valence-corrected chi connectivity index (χ3v) is 6.46. The fraction of sp³-hybridized carbons (Fsp3) is 0.524. The van der Waals surface area contributed by atoms with Crippen LogP contribution in [0.25, 0.3) is 6.08 Å². The molecule has 6 N–H and O–H groups in total. The number of esters is 1. The Morgan fingerprint density at radius 3 is 2.32 bits per heavy atom. The predicted octanol–water partition coefficient (Wildman–Crippen LogP) is -0.588. The molecule has 1 aliphatic heterocycles. The monoisotopic (exact) mass is 583 g/mol. The van der Waals surface area contributed by atoms with Gasteiger partial charge in [-0.25, -0.2) is 9.08 Å². The number of carbonyl (C=O) groups excluding carboxylic acids is 1. The average Bonchev–Trinajstić information content (AvgIpc) is 2.88. The number of methoxy groups -OCH3 is 2. The highest BCUT2D eigenvalue weighted by atomic mass is 32.3. The molecule has 1 fully saturated rings. The molecule has 17 heteroatoms. The molecule has 5 atom stereocenters. The van der Waals surface area contributed by atoms with Gasteiger partial charge in [0.15, 0.2) is 11.5 Å².